The van der Waals surface area contributed by atoms with Crippen molar-refractivity contribution in [1.82, 2.24) is 0 Å². The lowest BCUT2D eigenvalue weighted by Crippen LogP contribution is -2.38. The van der Waals surface area contributed by atoms with Crippen LogP contribution in [0.15, 0.2) is 101 Å². The van der Waals surface area contributed by atoms with Crippen LogP contribution < -0.4 is 0 Å². The summed E-state index contributed by atoms with van der Waals surface area (Å²) in [4.78, 5) is 28.4. The molecule has 0 bridgehead atoms. The molecule has 3 aromatic carbocycles. The van der Waals surface area contributed by atoms with Gasteiger partial charge in [0, 0.05) is 16.5 Å². The highest BCUT2D eigenvalue weighted by atomic mass is 35.5. The molecule has 1 aromatic heterocycles. The predicted octanol–water partition coefficient (Wildman–Crippen LogP) is 6.40. The smallest absolute Gasteiger partial charge is 0.192 e. The van der Waals surface area contributed by atoms with Crippen LogP contribution in [0.5, 0.6) is 0 Å². The molecule has 0 spiro atoms. The third kappa shape index (κ3) is 3.68. The lowest BCUT2D eigenvalue weighted by molar-refractivity contribution is 0.0917. The van der Waals surface area contributed by atoms with Crippen molar-refractivity contribution in [3.05, 3.63) is 123 Å². The first kappa shape index (κ1) is 23.7. The minimum absolute atomic E-state index is 0.00548. The van der Waals surface area contributed by atoms with Crippen molar-refractivity contribution in [1.29, 1.82) is 0 Å². The molecule has 1 aliphatic carbocycles. The van der Waals surface area contributed by atoms with Gasteiger partial charge in [-0.15, -0.1) is 11.3 Å². The zero-order chi connectivity index (χ0) is 24.8. The van der Waals surface area contributed by atoms with E-state index in [0.29, 0.717) is 15.5 Å². The van der Waals surface area contributed by atoms with Gasteiger partial charge in [-0.25, -0.2) is 8.42 Å². The number of carbonyl (C=O) groups is 2. The van der Waals surface area contributed by atoms with Gasteiger partial charge in [0.15, 0.2) is 26.2 Å². The first-order valence-electron chi connectivity index (χ1n) is 11.0. The van der Waals surface area contributed by atoms with Crippen molar-refractivity contribution in [2.45, 2.75) is 22.5 Å². The van der Waals surface area contributed by atoms with E-state index >= 15 is 0 Å². The molecule has 5 rings (SSSR count). The normalized spacial score (nSPS) is 21.4. The summed E-state index contributed by atoms with van der Waals surface area (Å²) in [5.41, 5.74) is 1.60. The van der Waals surface area contributed by atoms with Gasteiger partial charge in [0.2, 0.25) is 0 Å². The topological polar surface area (TPSA) is 68.3 Å². The number of thiophene rings is 1. The quantitative estimate of drug-likeness (QED) is 0.264. The molecular weight excluding hydrogens is 500 g/mol. The molecule has 35 heavy (non-hydrogen) atoms. The number of rotatable bonds is 7. The van der Waals surface area contributed by atoms with E-state index in [2.05, 4.69) is 0 Å². The highest BCUT2D eigenvalue weighted by molar-refractivity contribution is 7.94. The Morgan fingerprint density at radius 1 is 0.857 bits per heavy atom. The number of aryl methyl sites for hydroxylation is 1. The summed E-state index contributed by atoms with van der Waals surface area (Å²) >= 11 is 7.76. The number of ketones is 2. The molecule has 1 fully saturated rings. The Kier molecular flexibility index (Phi) is 5.99. The molecule has 1 heterocycles. The molecule has 4 aromatic rings. The third-order valence-electron chi connectivity index (χ3n) is 6.60. The number of sulfone groups is 1. The van der Waals surface area contributed by atoms with Gasteiger partial charge >= 0.3 is 0 Å². The van der Waals surface area contributed by atoms with E-state index in [0.717, 1.165) is 5.56 Å². The second kappa shape index (κ2) is 8.86. The van der Waals surface area contributed by atoms with Gasteiger partial charge in [-0.1, -0.05) is 83.9 Å². The summed E-state index contributed by atoms with van der Waals surface area (Å²) in [6, 6.07) is 24.9. The molecular formula is C28H21ClO4S2. The number of halogens is 1. The highest BCUT2D eigenvalue weighted by Gasteiger charge is 2.80. The van der Waals surface area contributed by atoms with E-state index in [-0.39, 0.29) is 16.2 Å². The van der Waals surface area contributed by atoms with Crippen molar-refractivity contribution in [2.24, 2.45) is 5.92 Å². The van der Waals surface area contributed by atoms with E-state index in [4.69, 9.17) is 11.6 Å². The largest absolute Gasteiger partial charge is 0.293 e. The number of carbonyl (C=O) groups excluding carboxylic acids is 2. The van der Waals surface area contributed by atoms with E-state index in [9.17, 15) is 18.0 Å². The maximum atomic E-state index is 14.4. The van der Waals surface area contributed by atoms with E-state index in [1.54, 1.807) is 84.2 Å². The van der Waals surface area contributed by atoms with Crippen molar-refractivity contribution >= 4 is 44.3 Å². The van der Waals surface area contributed by atoms with E-state index in [1.165, 1.54) is 23.5 Å². The second-order valence-corrected chi connectivity index (χ2v) is 12.1. The average Bonchev–Trinajstić information content (AvgIpc) is 3.26. The molecule has 0 saturated heterocycles. The first-order chi connectivity index (χ1) is 16.8. The molecule has 0 radical (unpaired) electrons. The minimum Gasteiger partial charge on any atom is -0.293 e. The molecule has 0 amide bonds. The van der Waals surface area contributed by atoms with Gasteiger partial charge in [0.1, 0.15) is 0 Å². The maximum Gasteiger partial charge on any atom is 0.192 e. The summed E-state index contributed by atoms with van der Waals surface area (Å²) in [5, 5.41) is 2.08. The Morgan fingerprint density at radius 3 is 2.14 bits per heavy atom. The summed E-state index contributed by atoms with van der Waals surface area (Å²) in [7, 11) is -4.32. The fourth-order valence-electron chi connectivity index (χ4n) is 4.89. The standard InChI is InChI=1S/C28H21ClO4S2/c1-18-13-15-20(16-14-18)35(32,33)28(27(31)19-8-3-2-4-9-19)24(21-10-5-6-11-22(21)29)25(28)26(30)23-12-7-17-34-23/h2-17,24-25H,1H3/t24-,25+,28-/m1/s1. The molecule has 0 N–H and O–H groups in total. The van der Waals surface area contributed by atoms with Crippen molar-refractivity contribution < 1.29 is 18.0 Å². The lowest BCUT2D eigenvalue weighted by Gasteiger charge is -2.19. The summed E-state index contributed by atoms with van der Waals surface area (Å²) in [6.07, 6.45) is 0. The molecule has 3 atom stereocenters. The second-order valence-electron chi connectivity index (χ2n) is 8.62. The van der Waals surface area contributed by atoms with Gasteiger partial charge in [-0.2, -0.15) is 0 Å². The molecule has 4 nitrogen and oxygen atoms in total. The van der Waals surface area contributed by atoms with Gasteiger partial charge in [-0.05, 0) is 42.1 Å². The number of Topliss-reactive ketones (excluding diaryl/α,β-unsaturated/α-hetero) is 2. The predicted molar refractivity (Wildman–Crippen MR) is 138 cm³/mol. The summed E-state index contributed by atoms with van der Waals surface area (Å²) < 4.78 is 26.8. The number of benzene rings is 3. The van der Waals surface area contributed by atoms with E-state index in [1.807, 2.05) is 6.92 Å². The highest BCUT2D eigenvalue weighted by Crippen LogP contribution is 2.67. The molecule has 1 aliphatic rings. The number of hydrogen-bond donors (Lipinski definition) is 0. The monoisotopic (exact) mass is 520 g/mol. The van der Waals surface area contributed by atoms with Crippen LogP contribution in [0, 0.1) is 12.8 Å². The van der Waals surface area contributed by atoms with Crippen LogP contribution in [0.2, 0.25) is 5.02 Å². The molecule has 0 unspecified atom stereocenters. The van der Waals surface area contributed by atoms with Gasteiger partial charge in [0.05, 0.1) is 15.7 Å². The van der Waals surface area contributed by atoms with Crippen LogP contribution in [0.3, 0.4) is 0 Å². The Labute approximate surface area is 213 Å². The zero-order valence-electron chi connectivity index (χ0n) is 18.7. The van der Waals surface area contributed by atoms with Crippen LogP contribution in [0.4, 0.5) is 0 Å². The Bertz CT molecular complexity index is 1510. The van der Waals surface area contributed by atoms with Crippen LogP contribution in [-0.4, -0.2) is 24.7 Å². The molecule has 7 heteroatoms. The minimum atomic E-state index is -4.32. The van der Waals surface area contributed by atoms with E-state index < -0.39 is 32.2 Å². The molecule has 0 aliphatic heterocycles. The Balaban J connectivity index is 1.80. The van der Waals surface area contributed by atoms with Crippen LogP contribution in [-0.2, 0) is 9.84 Å². The third-order valence-corrected chi connectivity index (χ3v) is 10.3. The lowest BCUT2D eigenvalue weighted by atomic mass is 10.0. The number of hydrogen-bond acceptors (Lipinski definition) is 5. The van der Waals surface area contributed by atoms with Crippen molar-refractivity contribution in [2.75, 3.05) is 0 Å². The molecule has 176 valence electrons. The van der Waals surface area contributed by atoms with Crippen LogP contribution in [0.25, 0.3) is 0 Å². The maximum absolute atomic E-state index is 14.4. The zero-order valence-corrected chi connectivity index (χ0v) is 21.1. The average molecular weight is 521 g/mol. The fraction of sp³-hybridized carbons (Fsp3) is 0.143. The summed E-state index contributed by atoms with van der Waals surface area (Å²) in [5.74, 6) is -3.01. The SMILES string of the molecule is Cc1ccc(S(=O)(=O)[C@@]2(C(=O)c3ccccc3)[C@H](C(=O)c3cccs3)[C@H]2c2ccccc2Cl)cc1. The first-order valence-corrected chi connectivity index (χ1v) is 13.8. The van der Waals surface area contributed by atoms with Gasteiger partial charge in [0.25, 0.3) is 0 Å². The summed E-state index contributed by atoms with van der Waals surface area (Å²) in [6.45, 7) is 1.86. The fourth-order valence-corrected chi connectivity index (χ4v) is 8.20. The van der Waals surface area contributed by atoms with Crippen LogP contribution in [0.1, 0.15) is 37.1 Å². The Hall–Kier alpha value is -3.06. The van der Waals surface area contributed by atoms with Gasteiger partial charge in [-0.3, -0.25) is 9.59 Å². The van der Waals surface area contributed by atoms with Crippen LogP contribution >= 0.6 is 22.9 Å². The van der Waals surface area contributed by atoms with Crippen molar-refractivity contribution in [3.63, 3.8) is 0 Å². The Morgan fingerprint density at radius 2 is 1.51 bits per heavy atom. The van der Waals surface area contributed by atoms with Crippen molar-refractivity contribution in [3.8, 4) is 0 Å². The van der Waals surface area contributed by atoms with Gasteiger partial charge < -0.3 is 0 Å². The molecule has 1 saturated carbocycles.